The van der Waals surface area contributed by atoms with E-state index in [0.717, 1.165) is 11.4 Å². The third-order valence-electron chi connectivity index (χ3n) is 2.69. The van der Waals surface area contributed by atoms with Gasteiger partial charge in [-0.25, -0.2) is 0 Å². The zero-order valence-corrected chi connectivity index (χ0v) is 12.6. The van der Waals surface area contributed by atoms with Gasteiger partial charge < -0.3 is 10.6 Å². The molecule has 0 aliphatic rings. The molecule has 0 aliphatic carbocycles. The van der Waals surface area contributed by atoms with E-state index in [2.05, 4.69) is 20.6 Å². The minimum atomic E-state index is -0.269. The fourth-order valence-electron chi connectivity index (χ4n) is 1.77. The molecule has 0 unspecified atom stereocenters. The Labute approximate surface area is 124 Å². The lowest BCUT2D eigenvalue weighted by Gasteiger charge is -2.20. The van der Waals surface area contributed by atoms with Crippen LogP contribution in [0.3, 0.4) is 0 Å². The molecule has 0 aliphatic heterocycles. The van der Waals surface area contributed by atoms with Crippen molar-refractivity contribution < 1.29 is 4.79 Å². The van der Waals surface area contributed by atoms with E-state index in [1.54, 1.807) is 24.7 Å². The molecule has 0 spiro atoms. The summed E-state index contributed by atoms with van der Waals surface area (Å²) in [4.78, 5) is 20.4. The second-order valence-corrected chi connectivity index (χ2v) is 5.84. The number of aromatic nitrogens is 2. The molecule has 2 rings (SSSR count). The van der Waals surface area contributed by atoms with E-state index >= 15 is 0 Å². The van der Waals surface area contributed by atoms with E-state index in [1.807, 2.05) is 39.0 Å². The highest BCUT2D eigenvalue weighted by Crippen LogP contribution is 2.11. The first-order valence-corrected chi connectivity index (χ1v) is 6.85. The summed E-state index contributed by atoms with van der Waals surface area (Å²) in [6.07, 6.45) is 5.01. The summed E-state index contributed by atoms with van der Waals surface area (Å²) >= 11 is 0. The number of carbonyl (C=O) groups excluding carboxylic acids is 1. The molecule has 1 amide bonds. The van der Waals surface area contributed by atoms with Crippen molar-refractivity contribution in [1.29, 1.82) is 0 Å². The lowest BCUT2D eigenvalue weighted by atomic mass is 10.1. The standard InChI is InChI=1S/C16H20N4O/c1-16(2,3)20-15(21)12-8-14(10-17-9-12)19-11-13-6-4-5-7-18-13/h4-10,19H,11H2,1-3H3,(H,20,21). The van der Waals surface area contributed by atoms with Crippen LogP contribution in [-0.2, 0) is 6.54 Å². The van der Waals surface area contributed by atoms with Gasteiger partial charge in [0.2, 0.25) is 0 Å². The molecule has 2 aromatic heterocycles. The van der Waals surface area contributed by atoms with Crippen molar-refractivity contribution in [2.75, 3.05) is 5.32 Å². The van der Waals surface area contributed by atoms with Gasteiger partial charge in [-0.15, -0.1) is 0 Å². The smallest absolute Gasteiger partial charge is 0.253 e. The Hall–Kier alpha value is -2.43. The first-order valence-electron chi connectivity index (χ1n) is 6.85. The molecular formula is C16H20N4O. The van der Waals surface area contributed by atoms with Crippen molar-refractivity contribution in [3.05, 3.63) is 54.1 Å². The first-order chi connectivity index (χ1) is 9.94. The zero-order valence-electron chi connectivity index (χ0n) is 12.6. The van der Waals surface area contributed by atoms with Gasteiger partial charge in [0, 0.05) is 24.1 Å². The summed E-state index contributed by atoms with van der Waals surface area (Å²) in [5, 5.41) is 6.13. The minimum absolute atomic E-state index is 0.128. The maximum Gasteiger partial charge on any atom is 0.253 e. The Kier molecular flexibility index (Phi) is 4.52. The van der Waals surface area contributed by atoms with Crippen molar-refractivity contribution >= 4 is 11.6 Å². The molecule has 0 radical (unpaired) electrons. The normalized spacial score (nSPS) is 11.0. The highest BCUT2D eigenvalue weighted by atomic mass is 16.1. The zero-order chi connectivity index (χ0) is 15.3. The van der Waals surface area contributed by atoms with Crippen LogP contribution in [0.4, 0.5) is 5.69 Å². The molecule has 2 aromatic rings. The number of amides is 1. The van der Waals surface area contributed by atoms with Gasteiger partial charge in [-0.1, -0.05) is 6.07 Å². The van der Waals surface area contributed by atoms with Crippen molar-refractivity contribution in [3.63, 3.8) is 0 Å². The second-order valence-electron chi connectivity index (χ2n) is 5.84. The number of rotatable bonds is 4. The number of nitrogens with zero attached hydrogens (tertiary/aromatic N) is 2. The fourth-order valence-corrected chi connectivity index (χ4v) is 1.77. The van der Waals surface area contributed by atoms with Crippen LogP contribution in [0.2, 0.25) is 0 Å². The molecule has 110 valence electrons. The quantitative estimate of drug-likeness (QED) is 0.905. The molecule has 0 aromatic carbocycles. The number of hydrogen-bond acceptors (Lipinski definition) is 4. The minimum Gasteiger partial charge on any atom is -0.378 e. The van der Waals surface area contributed by atoms with E-state index in [9.17, 15) is 4.79 Å². The molecular weight excluding hydrogens is 264 g/mol. The summed E-state index contributed by atoms with van der Waals surface area (Å²) in [5.74, 6) is -0.128. The van der Waals surface area contributed by atoms with Crippen LogP contribution < -0.4 is 10.6 Å². The maximum absolute atomic E-state index is 12.1. The molecule has 0 saturated heterocycles. The van der Waals surface area contributed by atoms with E-state index in [4.69, 9.17) is 0 Å². The Balaban J connectivity index is 2.02. The number of anilines is 1. The predicted octanol–water partition coefficient (Wildman–Crippen LogP) is 2.62. The van der Waals surface area contributed by atoms with Gasteiger partial charge >= 0.3 is 0 Å². The van der Waals surface area contributed by atoms with Crippen LogP contribution in [0, 0.1) is 0 Å². The van der Waals surface area contributed by atoms with Crippen molar-refractivity contribution in [2.45, 2.75) is 32.9 Å². The van der Waals surface area contributed by atoms with E-state index in [-0.39, 0.29) is 11.4 Å². The third-order valence-corrected chi connectivity index (χ3v) is 2.69. The summed E-state index contributed by atoms with van der Waals surface area (Å²) in [6, 6.07) is 7.55. The molecule has 0 atom stereocenters. The number of nitrogens with one attached hydrogen (secondary N) is 2. The maximum atomic E-state index is 12.1. The summed E-state index contributed by atoms with van der Waals surface area (Å²) < 4.78 is 0. The largest absolute Gasteiger partial charge is 0.378 e. The highest BCUT2D eigenvalue weighted by Gasteiger charge is 2.15. The molecule has 0 saturated carbocycles. The number of carbonyl (C=O) groups is 1. The van der Waals surface area contributed by atoms with Gasteiger partial charge in [0.15, 0.2) is 0 Å². The Morgan fingerprint density at radius 1 is 1.24 bits per heavy atom. The van der Waals surface area contributed by atoms with Crippen LogP contribution >= 0.6 is 0 Å². The van der Waals surface area contributed by atoms with Gasteiger partial charge in [0.25, 0.3) is 5.91 Å². The van der Waals surface area contributed by atoms with Gasteiger partial charge in [-0.2, -0.15) is 0 Å². The average Bonchev–Trinajstić information content (AvgIpc) is 2.45. The average molecular weight is 284 g/mol. The van der Waals surface area contributed by atoms with Crippen LogP contribution in [-0.4, -0.2) is 21.4 Å². The molecule has 0 bridgehead atoms. The SMILES string of the molecule is CC(C)(C)NC(=O)c1cncc(NCc2ccccn2)c1. The molecule has 2 heterocycles. The van der Waals surface area contributed by atoms with Crippen LogP contribution in [0.1, 0.15) is 36.8 Å². The van der Waals surface area contributed by atoms with Crippen molar-refractivity contribution in [3.8, 4) is 0 Å². The lowest BCUT2D eigenvalue weighted by Crippen LogP contribution is -2.40. The summed E-state index contributed by atoms with van der Waals surface area (Å²) in [5.41, 5.74) is 1.99. The van der Waals surface area contributed by atoms with E-state index in [0.29, 0.717) is 12.1 Å². The Bertz CT molecular complexity index is 605. The van der Waals surface area contributed by atoms with Gasteiger partial charge in [-0.05, 0) is 39.0 Å². The summed E-state index contributed by atoms with van der Waals surface area (Å²) in [7, 11) is 0. The van der Waals surface area contributed by atoms with Gasteiger partial charge in [-0.3, -0.25) is 14.8 Å². The molecule has 21 heavy (non-hydrogen) atoms. The number of pyridine rings is 2. The van der Waals surface area contributed by atoms with E-state index < -0.39 is 0 Å². The Morgan fingerprint density at radius 2 is 2.05 bits per heavy atom. The van der Waals surface area contributed by atoms with Crippen LogP contribution in [0.15, 0.2) is 42.9 Å². The van der Waals surface area contributed by atoms with Gasteiger partial charge in [0.05, 0.1) is 23.5 Å². The van der Waals surface area contributed by atoms with E-state index in [1.165, 1.54) is 0 Å². The topological polar surface area (TPSA) is 66.9 Å². The highest BCUT2D eigenvalue weighted by molar-refractivity contribution is 5.95. The first kappa shape index (κ1) is 15.0. The van der Waals surface area contributed by atoms with Gasteiger partial charge in [0.1, 0.15) is 0 Å². The monoisotopic (exact) mass is 284 g/mol. The summed E-state index contributed by atoms with van der Waals surface area (Å²) in [6.45, 7) is 6.43. The predicted molar refractivity (Wildman–Crippen MR) is 83.0 cm³/mol. The second kappa shape index (κ2) is 6.35. The third kappa shape index (κ3) is 4.87. The lowest BCUT2D eigenvalue weighted by molar-refractivity contribution is 0.0919. The van der Waals surface area contributed by atoms with Crippen molar-refractivity contribution in [1.82, 2.24) is 15.3 Å². The molecule has 5 nitrogen and oxygen atoms in total. The molecule has 0 fully saturated rings. The van der Waals surface area contributed by atoms with Crippen LogP contribution in [0.5, 0.6) is 0 Å². The molecule has 2 N–H and O–H groups in total. The fraction of sp³-hybridized carbons (Fsp3) is 0.312. The Morgan fingerprint density at radius 3 is 2.71 bits per heavy atom. The van der Waals surface area contributed by atoms with Crippen molar-refractivity contribution in [2.24, 2.45) is 0 Å². The molecule has 5 heteroatoms. The number of hydrogen-bond donors (Lipinski definition) is 2. The van der Waals surface area contributed by atoms with Crippen LogP contribution in [0.25, 0.3) is 0 Å².